The molecule has 0 aliphatic heterocycles. The molecule has 1 saturated carbocycles. The predicted molar refractivity (Wildman–Crippen MR) is 65.8 cm³/mol. The van der Waals surface area contributed by atoms with Crippen LogP contribution in [0.25, 0.3) is 0 Å². The summed E-state index contributed by atoms with van der Waals surface area (Å²) in [5.41, 5.74) is 0.934. The molecular formula is C13H20N2O2. The van der Waals surface area contributed by atoms with Crippen LogP contribution < -0.4 is 5.32 Å². The molecule has 0 spiro atoms. The Morgan fingerprint density at radius 3 is 2.88 bits per heavy atom. The molecule has 1 aromatic heterocycles. The van der Waals surface area contributed by atoms with Gasteiger partial charge in [0.25, 0.3) is 0 Å². The van der Waals surface area contributed by atoms with Crippen molar-refractivity contribution in [2.45, 2.75) is 38.3 Å². The van der Waals surface area contributed by atoms with E-state index in [1.165, 1.54) is 31.9 Å². The van der Waals surface area contributed by atoms with Crippen LogP contribution in [0.15, 0.2) is 18.3 Å². The summed E-state index contributed by atoms with van der Waals surface area (Å²) in [5, 5.41) is 12.4. The van der Waals surface area contributed by atoms with E-state index in [9.17, 15) is 0 Å². The van der Waals surface area contributed by atoms with Crippen LogP contribution in [0.5, 0.6) is 5.75 Å². The fourth-order valence-electron chi connectivity index (χ4n) is 2.09. The van der Waals surface area contributed by atoms with Gasteiger partial charge in [0.2, 0.25) is 0 Å². The van der Waals surface area contributed by atoms with Crippen molar-refractivity contribution in [1.82, 2.24) is 10.3 Å². The van der Waals surface area contributed by atoms with Crippen LogP contribution in [0.2, 0.25) is 0 Å². The molecular weight excluding hydrogens is 216 g/mol. The SMILES string of the molecule is Oc1ccc(CNCCOC2CCCC2)nc1. The molecule has 0 saturated heterocycles. The van der Waals surface area contributed by atoms with E-state index in [1.54, 1.807) is 6.07 Å². The van der Waals surface area contributed by atoms with Gasteiger partial charge in [0.1, 0.15) is 5.75 Å². The van der Waals surface area contributed by atoms with Gasteiger partial charge in [-0.3, -0.25) is 4.98 Å². The molecule has 2 rings (SSSR count). The van der Waals surface area contributed by atoms with Crippen LogP contribution in [0.1, 0.15) is 31.4 Å². The van der Waals surface area contributed by atoms with Gasteiger partial charge in [0, 0.05) is 13.1 Å². The van der Waals surface area contributed by atoms with Crippen molar-refractivity contribution in [3.8, 4) is 5.75 Å². The van der Waals surface area contributed by atoms with Gasteiger partial charge in [0.05, 0.1) is 24.6 Å². The van der Waals surface area contributed by atoms with Crippen molar-refractivity contribution >= 4 is 0 Å². The van der Waals surface area contributed by atoms with Crippen molar-refractivity contribution in [2.75, 3.05) is 13.2 Å². The number of hydrogen-bond acceptors (Lipinski definition) is 4. The van der Waals surface area contributed by atoms with E-state index in [4.69, 9.17) is 9.84 Å². The Labute approximate surface area is 102 Å². The van der Waals surface area contributed by atoms with Crippen LogP contribution in [0.4, 0.5) is 0 Å². The first-order chi connectivity index (χ1) is 8.34. The highest BCUT2D eigenvalue weighted by molar-refractivity contribution is 5.17. The number of aromatic hydroxyl groups is 1. The molecule has 2 N–H and O–H groups in total. The third-order valence-electron chi connectivity index (χ3n) is 3.05. The highest BCUT2D eigenvalue weighted by atomic mass is 16.5. The van der Waals surface area contributed by atoms with Gasteiger partial charge >= 0.3 is 0 Å². The summed E-state index contributed by atoms with van der Waals surface area (Å²) in [6, 6.07) is 3.47. The Bertz CT molecular complexity index is 321. The maximum absolute atomic E-state index is 9.08. The molecule has 0 unspecified atom stereocenters. The average molecular weight is 236 g/mol. The number of hydrogen-bond donors (Lipinski definition) is 2. The maximum atomic E-state index is 9.08. The molecule has 1 heterocycles. The largest absolute Gasteiger partial charge is 0.506 e. The zero-order valence-electron chi connectivity index (χ0n) is 10.1. The first kappa shape index (κ1) is 12.3. The maximum Gasteiger partial charge on any atom is 0.133 e. The smallest absolute Gasteiger partial charge is 0.133 e. The van der Waals surface area contributed by atoms with Crippen LogP contribution in [-0.4, -0.2) is 29.3 Å². The van der Waals surface area contributed by atoms with E-state index in [1.807, 2.05) is 6.07 Å². The molecule has 0 atom stereocenters. The summed E-state index contributed by atoms with van der Waals surface area (Å²) in [6.07, 6.45) is 7.03. The summed E-state index contributed by atoms with van der Waals surface area (Å²) >= 11 is 0. The molecule has 0 amide bonds. The number of pyridine rings is 1. The topological polar surface area (TPSA) is 54.4 Å². The van der Waals surface area contributed by atoms with Gasteiger partial charge in [-0.05, 0) is 25.0 Å². The summed E-state index contributed by atoms with van der Waals surface area (Å²) in [7, 11) is 0. The quantitative estimate of drug-likeness (QED) is 0.740. The average Bonchev–Trinajstić information content (AvgIpc) is 2.84. The minimum Gasteiger partial charge on any atom is -0.506 e. The van der Waals surface area contributed by atoms with Gasteiger partial charge in [-0.1, -0.05) is 12.8 Å². The van der Waals surface area contributed by atoms with Crippen molar-refractivity contribution < 1.29 is 9.84 Å². The molecule has 1 aliphatic rings. The fourth-order valence-corrected chi connectivity index (χ4v) is 2.09. The third-order valence-corrected chi connectivity index (χ3v) is 3.05. The Hall–Kier alpha value is -1.13. The molecule has 1 aliphatic carbocycles. The van der Waals surface area contributed by atoms with Gasteiger partial charge < -0.3 is 15.2 Å². The Morgan fingerprint density at radius 1 is 1.35 bits per heavy atom. The number of rotatable bonds is 6. The van der Waals surface area contributed by atoms with E-state index in [2.05, 4.69) is 10.3 Å². The van der Waals surface area contributed by atoms with E-state index in [0.717, 1.165) is 18.8 Å². The molecule has 0 radical (unpaired) electrons. The lowest BCUT2D eigenvalue weighted by Crippen LogP contribution is -2.22. The van der Waals surface area contributed by atoms with Crippen molar-refractivity contribution in [2.24, 2.45) is 0 Å². The molecule has 4 nitrogen and oxygen atoms in total. The van der Waals surface area contributed by atoms with Crippen LogP contribution >= 0.6 is 0 Å². The van der Waals surface area contributed by atoms with E-state index < -0.39 is 0 Å². The van der Waals surface area contributed by atoms with Gasteiger partial charge in [-0.15, -0.1) is 0 Å². The standard InChI is InChI=1S/C13H20N2O2/c16-12-6-5-11(15-10-12)9-14-7-8-17-13-3-1-2-4-13/h5-6,10,13-14,16H,1-4,7-9H2. The molecule has 4 heteroatoms. The highest BCUT2D eigenvalue weighted by Crippen LogP contribution is 2.20. The number of aromatic nitrogens is 1. The summed E-state index contributed by atoms with van der Waals surface area (Å²) in [5.74, 6) is 0.207. The molecule has 0 aromatic carbocycles. The number of ether oxygens (including phenoxy) is 1. The van der Waals surface area contributed by atoms with Crippen LogP contribution in [0, 0.1) is 0 Å². The van der Waals surface area contributed by atoms with Gasteiger partial charge in [-0.2, -0.15) is 0 Å². The predicted octanol–water partition coefficient (Wildman–Crippen LogP) is 1.84. The second kappa shape index (κ2) is 6.57. The third kappa shape index (κ3) is 4.32. The normalized spacial score (nSPS) is 16.5. The van der Waals surface area contributed by atoms with Gasteiger partial charge in [0.15, 0.2) is 0 Å². The minimum atomic E-state index is 0.207. The summed E-state index contributed by atoms with van der Waals surface area (Å²) in [4.78, 5) is 4.10. The summed E-state index contributed by atoms with van der Waals surface area (Å²) in [6.45, 7) is 2.33. The molecule has 94 valence electrons. The van der Waals surface area contributed by atoms with Crippen molar-refractivity contribution in [3.63, 3.8) is 0 Å². The molecule has 17 heavy (non-hydrogen) atoms. The van der Waals surface area contributed by atoms with E-state index in [0.29, 0.717) is 12.6 Å². The van der Waals surface area contributed by atoms with Crippen molar-refractivity contribution in [1.29, 1.82) is 0 Å². The lowest BCUT2D eigenvalue weighted by molar-refractivity contribution is 0.0602. The second-order valence-corrected chi connectivity index (χ2v) is 4.46. The monoisotopic (exact) mass is 236 g/mol. The first-order valence-electron chi connectivity index (χ1n) is 6.31. The molecule has 0 bridgehead atoms. The zero-order chi connectivity index (χ0) is 11.9. The first-order valence-corrected chi connectivity index (χ1v) is 6.31. The minimum absolute atomic E-state index is 0.207. The number of nitrogens with zero attached hydrogens (tertiary/aromatic N) is 1. The second-order valence-electron chi connectivity index (χ2n) is 4.46. The van der Waals surface area contributed by atoms with Gasteiger partial charge in [-0.25, -0.2) is 0 Å². The van der Waals surface area contributed by atoms with Crippen LogP contribution in [0.3, 0.4) is 0 Å². The Morgan fingerprint density at radius 2 is 2.18 bits per heavy atom. The Balaban J connectivity index is 1.55. The van der Waals surface area contributed by atoms with Crippen molar-refractivity contribution in [3.05, 3.63) is 24.0 Å². The lowest BCUT2D eigenvalue weighted by Gasteiger charge is -2.11. The van der Waals surface area contributed by atoms with Crippen LogP contribution in [-0.2, 0) is 11.3 Å². The fraction of sp³-hybridized carbons (Fsp3) is 0.615. The Kier molecular flexibility index (Phi) is 4.76. The zero-order valence-corrected chi connectivity index (χ0v) is 10.1. The molecule has 1 fully saturated rings. The number of nitrogens with one attached hydrogen (secondary N) is 1. The molecule has 1 aromatic rings. The summed E-state index contributed by atoms with van der Waals surface area (Å²) < 4.78 is 5.74. The highest BCUT2D eigenvalue weighted by Gasteiger charge is 2.14. The van der Waals surface area contributed by atoms with E-state index >= 15 is 0 Å². The lowest BCUT2D eigenvalue weighted by atomic mass is 10.3. The van der Waals surface area contributed by atoms with E-state index in [-0.39, 0.29) is 5.75 Å².